The minimum absolute atomic E-state index is 0. The standard InChI is InChI=1S/C12H8O7S.Na/c13-11(14)7-2-1-6-4-9(12(15)16)10(20(17,18)19)5-8(6)3-7;/h1-5H,(H,13,14)(H,15,16)(H,17,18,19);/q;+1/p-1. The molecule has 0 heterocycles. The summed E-state index contributed by atoms with van der Waals surface area (Å²) in [6, 6.07) is 5.65. The number of carbonyl (C=O) groups is 2. The van der Waals surface area contributed by atoms with Crippen molar-refractivity contribution in [2.75, 3.05) is 0 Å². The molecule has 0 bridgehead atoms. The Balaban J connectivity index is 0.00000220. The molecule has 7 nitrogen and oxygen atoms in total. The molecule has 0 spiro atoms. The fourth-order valence-corrected chi connectivity index (χ4v) is 2.47. The first kappa shape index (κ1) is 17.6. The Bertz CT molecular complexity index is 842. The van der Waals surface area contributed by atoms with Gasteiger partial charge in [-0.1, -0.05) is 6.07 Å². The molecule has 104 valence electrons. The van der Waals surface area contributed by atoms with Crippen molar-refractivity contribution in [1.82, 2.24) is 0 Å². The molecule has 0 aliphatic carbocycles. The maximum atomic E-state index is 11.1. The molecule has 0 saturated carbocycles. The van der Waals surface area contributed by atoms with E-state index in [9.17, 15) is 22.6 Å². The molecule has 2 N–H and O–H groups in total. The van der Waals surface area contributed by atoms with E-state index >= 15 is 0 Å². The zero-order chi connectivity index (χ0) is 15.1. The topological polar surface area (TPSA) is 132 Å². The molecule has 0 radical (unpaired) electrons. The number of hydrogen-bond acceptors (Lipinski definition) is 5. The second kappa shape index (κ2) is 6.12. The molecule has 21 heavy (non-hydrogen) atoms. The molecular formula is C12H7NaO7S. The zero-order valence-electron chi connectivity index (χ0n) is 10.7. The maximum Gasteiger partial charge on any atom is 1.00 e. The average molecular weight is 318 g/mol. The first-order valence-corrected chi connectivity index (χ1v) is 6.61. The van der Waals surface area contributed by atoms with E-state index in [1.165, 1.54) is 12.1 Å². The van der Waals surface area contributed by atoms with Gasteiger partial charge in [0.2, 0.25) is 0 Å². The van der Waals surface area contributed by atoms with Crippen LogP contribution in [0.5, 0.6) is 0 Å². The normalized spacial score (nSPS) is 10.9. The Morgan fingerprint density at radius 1 is 0.952 bits per heavy atom. The largest absolute Gasteiger partial charge is 1.00 e. The molecule has 2 aromatic carbocycles. The Kier molecular flexibility index (Phi) is 5.13. The van der Waals surface area contributed by atoms with Gasteiger partial charge in [-0.2, -0.15) is 0 Å². The molecule has 0 atom stereocenters. The second-order valence-corrected chi connectivity index (χ2v) is 5.32. The fraction of sp³-hybridized carbons (Fsp3) is 0. The molecule has 0 saturated heterocycles. The third-order valence-corrected chi connectivity index (χ3v) is 3.56. The van der Waals surface area contributed by atoms with Gasteiger partial charge in [0.15, 0.2) is 0 Å². The first-order valence-electron chi connectivity index (χ1n) is 5.20. The Morgan fingerprint density at radius 3 is 2.05 bits per heavy atom. The van der Waals surface area contributed by atoms with Crippen LogP contribution in [0.4, 0.5) is 0 Å². The SMILES string of the molecule is O=C(O)c1ccc2cc(C(=O)O)c(S(=O)(=O)[O-])cc2c1.[Na+]. The van der Waals surface area contributed by atoms with Gasteiger partial charge >= 0.3 is 41.5 Å². The van der Waals surface area contributed by atoms with Gasteiger partial charge in [0, 0.05) is 0 Å². The molecule has 0 aliphatic heterocycles. The van der Waals surface area contributed by atoms with E-state index in [2.05, 4.69) is 0 Å². The molecule has 0 unspecified atom stereocenters. The average Bonchev–Trinajstić information content (AvgIpc) is 2.35. The van der Waals surface area contributed by atoms with E-state index in [0.29, 0.717) is 5.39 Å². The van der Waals surface area contributed by atoms with E-state index in [1.54, 1.807) is 0 Å². The minimum Gasteiger partial charge on any atom is -0.744 e. The van der Waals surface area contributed by atoms with Crippen molar-refractivity contribution in [2.24, 2.45) is 0 Å². The second-order valence-electron chi connectivity index (χ2n) is 3.97. The van der Waals surface area contributed by atoms with Crippen LogP contribution in [0.1, 0.15) is 20.7 Å². The molecule has 0 amide bonds. The molecule has 2 rings (SSSR count). The number of rotatable bonds is 3. The molecule has 9 heteroatoms. The smallest absolute Gasteiger partial charge is 0.744 e. The van der Waals surface area contributed by atoms with Crippen molar-refractivity contribution in [1.29, 1.82) is 0 Å². The van der Waals surface area contributed by atoms with Gasteiger partial charge in [-0.25, -0.2) is 18.0 Å². The van der Waals surface area contributed by atoms with Gasteiger partial charge in [-0.3, -0.25) is 0 Å². The molecule has 0 aromatic heterocycles. The molecule has 0 fully saturated rings. The van der Waals surface area contributed by atoms with E-state index in [4.69, 9.17) is 10.2 Å². The Morgan fingerprint density at radius 2 is 1.57 bits per heavy atom. The summed E-state index contributed by atoms with van der Waals surface area (Å²) in [5, 5.41) is 18.3. The van der Waals surface area contributed by atoms with Gasteiger partial charge in [0.25, 0.3) is 0 Å². The molecule has 2 aromatic rings. The molecule has 0 aliphatic rings. The van der Waals surface area contributed by atoms with Crippen molar-refractivity contribution in [3.05, 3.63) is 41.5 Å². The van der Waals surface area contributed by atoms with Gasteiger partial charge in [-0.05, 0) is 35.0 Å². The van der Waals surface area contributed by atoms with E-state index in [1.807, 2.05) is 0 Å². The number of carboxylic acid groups (broad SMARTS) is 2. The third kappa shape index (κ3) is 3.60. The third-order valence-electron chi connectivity index (χ3n) is 2.69. The summed E-state index contributed by atoms with van der Waals surface area (Å²) in [4.78, 5) is 20.9. The van der Waals surface area contributed by atoms with Gasteiger partial charge in [-0.15, -0.1) is 0 Å². The monoisotopic (exact) mass is 318 g/mol. The number of fused-ring (bicyclic) bond motifs is 1. The number of hydrogen-bond donors (Lipinski definition) is 2. The summed E-state index contributed by atoms with van der Waals surface area (Å²) in [7, 11) is -4.98. The van der Waals surface area contributed by atoms with Crippen LogP contribution in [0.25, 0.3) is 10.8 Å². The molecular weight excluding hydrogens is 311 g/mol. The van der Waals surface area contributed by atoms with Crippen molar-refractivity contribution in [3.8, 4) is 0 Å². The van der Waals surface area contributed by atoms with Crippen LogP contribution in [-0.4, -0.2) is 35.1 Å². The summed E-state index contributed by atoms with van der Waals surface area (Å²) in [6.45, 7) is 0. The summed E-state index contributed by atoms with van der Waals surface area (Å²) in [5.74, 6) is -2.77. The Labute approximate surface area is 141 Å². The van der Waals surface area contributed by atoms with E-state index < -0.39 is 32.5 Å². The van der Waals surface area contributed by atoms with E-state index in [0.717, 1.165) is 18.2 Å². The number of carboxylic acids is 2. The van der Waals surface area contributed by atoms with Crippen LogP contribution < -0.4 is 29.6 Å². The van der Waals surface area contributed by atoms with Crippen LogP contribution in [0.15, 0.2) is 35.2 Å². The van der Waals surface area contributed by atoms with Crippen molar-refractivity contribution >= 4 is 32.8 Å². The predicted molar refractivity (Wildman–Crippen MR) is 65.8 cm³/mol. The van der Waals surface area contributed by atoms with Crippen LogP contribution in [0, 0.1) is 0 Å². The number of aromatic carboxylic acids is 2. The predicted octanol–water partition coefficient (Wildman–Crippen LogP) is -1.86. The van der Waals surface area contributed by atoms with Crippen molar-refractivity contribution in [3.63, 3.8) is 0 Å². The van der Waals surface area contributed by atoms with Crippen LogP contribution in [0.3, 0.4) is 0 Å². The van der Waals surface area contributed by atoms with Gasteiger partial charge in [0.1, 0.15) is 10.1 Å². The summed E-state index contributed by atoms with van der Waals surface area (Å²) in [6.07, 6.45) is 0. The van der Waals surface area contributed by atoms with Crippen LogP contribution in [-0.2, 0) is 10.1 Å². The number of benzene rings is 2. The van der Waals surface area contributed by atoms with E-state index in [-0.39, 0.29) is 40.5 Å². The summed E-state index contributed by atoms with van der Waals surface area (Å²) in [5.41, 5.74) is -0.745. The van der Waals surface area contributed by atoms with Crippen LogP contribution in [0.2, 0.25) is 0 Å². The van der Waals surface area contributed by atoms with Crippen molar-refractivity contribution < 1.29 is 62.3 Å². The van der Waals surface area contributed by atoms with Gasteiger partial charge < -0.3 is 14.8 Å². The van der Waals surface area contributed by atoms with Crippen molar-refractivity contribution in [2.45, 2.75) is 4.90 Å². The first-order chi connectivity index (χ1) is 9.20. The Hall–Kier alpha value is -1.45. The summed E-state index contributed by atoms with van der Waals surface area (Å²) >= 11 is 0. The van der Waals surface area contributed by atoms with Gasteiger partial charge in [0.05, 0.1) is 16.0 Å². The quantitative estimate of drug-likeness (QED) is 0.501. The fourth-order valence-electron chi connectivity index (χ4n) is 1.78. The summed E-state index contributed by atoms with van der Waals surface area (Å²) < 4.78 is 33.3. The minimum atomic E-state index is -4.98. The van der Waals surface area contributed by atoms with Crippen LogP contribution >= 0.6 is 0 Å². The zero-order valence-corrected chi connectivity index (χ0v) is 13.5. The maximum absolute atomic E-state index is 11.1.